The quantitative estimate of drug-likeness (QED) is 0.701. The molecule has 0 bridgehead atoms. The molecular weight excluding hydrogens is 340 g/mol. The number of benzene rings is 2. The molecule has 0 aliphatic heterocycles. The maximum Gasteiger partial charge on any atom is 0.339 e. The van der Waals surface area contributed by atoms with Crippen LogP contribution < -0.4 is 5.32 Å². The first-order valence-electron chi connectivity index (χ1n) is 8.80. The summed E-state index contributed by atoms with van der Waals surface area (Å²) < 4.78 is 5.42. The topological polar surface area (TPSA) is 68.3 Å². The van der Waals surface area contributed by atoms with Gasteiger partial charge in [0.1, 0.15) is 0 Å². The average molecular weight is 362 g/mol. The first-order valence-corrected chi connectivity index (χ1v) is 8.80. The minimum Gasteiger partial charge on any atom is -0.449 e. The van der Waals surface area contributed by atoms with Gasteiger partial charge in [0, 0.05) is 16.8 Å². The number of esters is 1. The third-order valence-corrected chi connectivity index (χ3v) is 4.36. The summed E-state index contributed by atoms with van der Waals surface area (Å²) in [4.78, 5) is 29.5. The predicted octanol–water partition coefficient (Wildman–Crippen LogP) is 4.34. The largest absolute Gasteiger partial charge is 0.449 e. The van der Waals surface area contributed by atoms with Crippen LogP contribution in [0.4, 0.5) is 5.69 Å². The van der Waals surface area contributed by atoms with Crippen molar-refractivity contribution in [1.29, 1.82) is 0 Å². The zero-order valence-corrected chi connectivity index (χ0v) is 15.9. The lowest BCUT2D eigenvalue weighted by Crippen LogP contribution is -2.30. The van der Waals surface area contributed by atoms with Gasteiger partial charge in [0.05, 0.1) is 11.1 Å². The molecule has 0 saturated carbocycles. The minimum absolute atomic E-state index is 0.370. The molecule has 3 aromatic rings. The van der Waals surface area contributed by atoms with E-state index in [0.717, 1.165) is 16.6 Å². The third kappa shape index (κ3) is 4.14. The first-order chi connectivity index (χ1) is 12.8. The number of hydrogen-bond donors (Lipinski definition) is 1. The van der Waals surface area contributed by atoms with Gasteiger partial charge in [-0.05, 0) is 51.5 Å². The predicted molar refractivity (Wildman–Crippen MR) is 106 cm³/mol. The number of aryl methyl sites for hydroxylation is 3. The summed E-state index contributed by atoms with van der Waals surface area (Å²) >= 11 is 0. The molecule has 5 nitrogen and oxygen atoms in total. The van der Waals surface area contributed by atoms with Crippen molar-refractivity contribution in [2.75, 3.05) is 5.32 Å². The van der Waals surface area contributed by atoms with E-state index in [1.54, 1.807) is 13.0 Å². The molecule has 5 heteroatoms. The van der Waals surface area contributed by atoms with Crippen molar-refractivity contribution in [2.45, 2.75) is 33.8 Å². The number of para-hydroxylation sites is 1. The summed E-state index contributed by atoms with van der Waals surface area (Å²) in [5.74, 6) is -0.912. The lowest BCUT2D eigenvalue weighted by atomic mass is 10.1. The van der Waals surface area contributed by atoms with Crippen molar-refractivity contribution < 1.29 is 14.3 Å². The number of ether oxygens (including phenoxy) is 1. The molecule has 0 spiro atoms. The van der Waals surface area contributed by atoms with Crippen LogP contribution in [0.25, 0.3) is 10.9 Å². The van der Waals surface area contributed by atoms with Gasteiger partial charge in [-0.2, -0.15) is 0 Å². The lowest BCUT2D eigenvalue weighted by Gasteiger charge is -2.16. The second-order valence-corrected chi connectivity index (χ2v) is 6.68. The highest BCUT2D eigenvalue weighted by Crippen LogP contribution is 2.20. The van der Waals surface area contributed by atoms with E-state index in [2.05, 4.69) is 10.3 Å². The van der Waals surface area contributed by atoms with E-state index in [0.29, 0.717) is 22.3 Å². The van der Waals surface area contributed by atoms with E-state index in [1.807, 2.05) is 63.2 Å². The highest BCUT2D eigenvalue weighted by Gasteiger charge is 2.21. The van der Waals surface area contributed by atoms with Crippen molar-refractivity contribution in [3.05, 3.63) is 70.9 Å². The molecule has 138 valence electrons. The SMILES string of the molecule is Cc1ccc(NC(=O)[C@H](C)OC(=O)c2cc(C)nc3ccccc23)c(C)c1. The summed E-state index contributed by atoms with van der Waals surface area (Å²) in [5.41, 5.74) is 4.62. The van der Waals surface area contributed by atoms with Gasteiger partial charge >= 0.3 is 5.97 Å². The molecule has 3 rings (SSSR count). The number of nitrogens with zero attached hydrogens (tertiary/aromatic N) is 1. The Morgan fingerprint density at radius 2 is 1.78 bits per heavy atom. The monoisotopic (exact) mass is 362 g/mol. The van der Waals surface area contributed by atoms with Crippen molar-refractivity contribution in [2.24, 2.45) is 0 Å². The van der Waals surface area contributed by atoms with Crippen LogP contribution >= 0.6 is 0 Å². The van der Waals surface area contributed by atoms with Crippen LogP contribution in [0.15, 0.2) is 48.5 Å². The molecule has 0 radical (unpaired) electrons. The maximum absolute atomic E-state index is 12.7. The van der Waals surface area contributed by atoms with E-state index in [-0.39, 0.29) is 5.91 Å². The van der Waals surface area contributed by atoms with E-state index in [1.165, 1.54) is 0 Å². The van der Waals surface area contributed by atoms with Crippen LogP contribution in [0, 0.1) is 20.8 Å². The molecule has 27 heavy (non-hydrogen) atoms. The number of pyridine rings is 1. The van der Waals surface area contributed by atoms with Gasteiger partial charge in [-0.3, -0.25) is 9.78 Å². The minimum atomic E-state index is -0.926. The van der Waals surface area contributed by atoms with Gasteiger partial charge in [0.15, 0.2) is 6.10 Å². The van der Waals surface area contributed by atoms with Gasteiger partial charge < -0.3 is 10.1 Å². The second-order valence-electron chi connectivity index (χ2n) is 6.68. The van der Waals surface area contributed by atoms with E-state index in [9.17, 15) is 9.59 Å². The van der Waals surface area contributed by atoms with Crippen molar-refractivity contribution in [1.82, 2.24) is 4.98 Å². The standard InChI is InChI=1S/C22H22N2O3/c1-13-9-10-19(14(2)11-13)24-21(25)16(4)27-22(26)18-12-15(3)23-20-8-6-5-7-17(18)20/h5-12,16H,1-4H3,(H,24,25)/t16-/m0/s1. The summed E-state index contributed by atoms with van der Waals surface area (Å²) in [6.07, 6.45) is -0.926. The molecule has 0 saturated heterocycles. The van der Waals surface area contributed by atoms with Gasteiger partial charge in [0.2, 0.25) is 0 Å². The molecule has 1 aromatic heterocycles. The number of aromatic nitrogens is 1. The summed E-state index contributed by atoms with van der Waals surface area (Å²) in [6.45, 7) is 7.29. The number of carbonyl (C=O) groups is 2. The zero-order valence-electron chi connectivity index (χ0n) is 15.9. The smallest absolute Gasteiger partial charge is 0.339 e. The Labute approximate surface area is 158 Å². The van der Waals surface area contributed by atoms with Crippen molar-refractivity contribution >= 4 is 28.5 Å². The fourth-order valence-electron chi connectivity index (χ4n) is 2.94. The summed E-state index contributed by atoms with van der Waals surface area (Å²) in [6, 6.07) is 14.8. The summed E-state index contributed by atoms with van der Waals surface area (Å²) in [5, 5.41) is 3.52. The lowest BCUT2D eigenvalue weighted by molar-refractivity contribution is -0.123. The fourth-order valence-corrected chi connectivity index (χ4v) is 2.94. The molecule has 1 heterocycles. The number of rotatable bonds is 4. The first kappa shape index (κ1) is 18.6. The third-order valence-electron chi connectivity index (χ3n) is 4.36. The van der Waals surface area contributed by atoms with Crippen LogP contribution in [0.3, 0.4) is 0 Å². The molecule has 0 unspecified atom stereocenters. The molecule has 2 aromatic carbocycles. The van der Waals surface area contributed by atoms with Gasteiger partial charge in [-0.25, -0.2) is 4.79 Å². The summed E-state index contributed by atoms with van der Waals surface area (Å²) in [7, 11) is 0. The van der Waals surface area contributed by atoms with Crippen LogP contribution in [-0.2, 0) is 9.53 Å². The Bertz CT molecular complexity index is 1030. The van der Waals surface area contributed by atoms with E-state index in [4.69, 9.17) is 4.74 Å². The zero-order chi connectivity index (χ0) is 19.6. The number of anilines is 1. The molecular formula is C22H22N2O3. The van der Waals surface area contributed by atoms with E-state index < -0.39 is 12.1 Å². The van der Waals surface area contributed by atoms with Gasteiger partial charge in [-0.1, -0.05) is 35.9 Å². The second kappa shape index (κ2) is 7.58. The normalized spacial score (nSPS) is 11.9. The molecule has 1 atom stereocenters. The van der Waals surface area contributed by atoms with Crippen molar-refractivity contribution in [3.63, 3.8) is 0 Å². The highest BCUT2D eigenvalue weighted by molar-refractivity contribution is 6.05. The Hall–Kier alpha value is -3.21. The van der Waals surface area contributed by atoms with Crippen LogP contribution in [0.2, 0.25) is 0 Å². The fraction of sp³-hybridized carbons (Fsp3) is 0.227. The van der Waals surface area contributed by atoms with Crippen molar-refractivity contribution in [3.8, 4) is 0 Å². The molecule has 1 N–H and O–H groups in total. The Kier molecular flexibility index (Phi) is 5.21. The Morgan fingerprint density at radius 3 is 2.52 bits per heavy atom. The number of amides is 1. The van der Waals surface area contributed by atoms with Gasteiger partial charge in [-0.15, -0.1) is 0 Å². The van der Waals surface area contributed by atoms with Gasteiger partial charge in [0.25, 0.3) is 5.91 Å². The Morgan fingerprint density at radius 1 is 1.04 bits per heavy atom. The molecule has 0 aliphatic rings. The van der Waals surface area contributed by atoms with E-state index >= 15 is 0 Å². The van der Waals surface area contributed by atoms with Crippen LogP contribution in [-0.4, -0.2) is 23.0 Å². The Balaban J connectivity index is 1.77. The number of carbonyl (C=O) groups excluding carboxylic acids is 2. The maximum atomic E-state index is 12.7. The molecule has 0 fully saturated rings. The number of fused-ring (bicyclic) bond motifs is 1. The molecule has 0 aliphatic carbocycles. The number of nitrogens with one attached hydrogen (secondary N) is 1. The average Bonchev–Trinajstić information content (AvgIpc) is 2.63. The number of hydrogen-bond acceptors (Lipinski definition) is 4. The highest BCUT2D eigenvalue weighted by atomic mass is 16.5. The van der Waals surface area contributed by atoms with Crippen LogP contribution in [0.5, 0.6) is 0 Å². The van der Waals surface area contributed by atoms with Crippen LogP contribution in [0.1, 0.15) is 34.1 Å². The molecule has 1 amide bonds.